The lowest BCUT2D eigenvalue weighted by Gasteiger charge is -2.43. The summed E-state index contributed by atoms with van der Waals surface area (Å²) in [5.74, 6) is 1.06. The highest BCUT2D eigenvalue weighted by Crippen LogP contribution is 2.44. The van der Waals surface area contributed by atoms with Crippen LogP contribution in [0.5, 0.6) is 0 Å². The van der Waals surface area contributed by atoms with Crippen LogP contribution in [0.1, 0.15) is 83.5 Å². The van der Waals surface area contributed by atoms with Gasteiger partial charge in [0, 0.05) is 5.92 Å². The summed E-state index contributed by atoms with van der Waals surface area (Å²) < 4.78 is 0. The van der Waals surface area contributed by atoms with Crippen LogP contribution in [0.25, 0.3) is 0 Å². The van der Waals surface area contributed by atoms with E-state index in [2.05, 4.69) is 15.0 Å². The predicted octanol–water partition coefficient (Wildman–Crippen LogP) is 4.68. The second-order valence-electron chi connectivity index (χ2n) is 9.24. The lowest BCUT2D eigenvalue weighted by molar-refractivity contribution is 0.120. The van der Waals surface area contributed by atoms with Gasteiger partial charge in [-0.2, -0.15) is 0 Å². The zero-order chi connectivity index (χ0) is 20.5. The van der Waals surface area contributed by atoms with Crippen molar-refractivity contribution in [2.24, 2.45) is 38.6 Å². The van der Waals surface area contributed by atoms with Gasteiger partial charge in [-0.15, -0.1) is 0 Å². The highest BCUT2D eigenvalue weighted by atomic mass is 16.1. The van der Waals surface area contributed by atoms with Crippen molar-refractivity contribution >= 4 is 18.2 Å². The van der Waals surface area contributed by atoms with Gasteiger partial charge in [-0.3, -0.25) is 0 Å². The van der Waals surface area contributed by atoms with E-state index in [-0.39, 0.29) is 30.0 Å². The molecule has 158 valence electrons. The molecule has 6 heteroatoms. The molecule has 0 amide bonds. The molecule has 5 unspecified atom stereocenters. The monoisotopic (exact) mass is 399 g/mol. The Hall–Kier alpha value is -1.86. The van der Waals surface area contributed by atoms with Crippen LogP contribution in [0, 0.1) is 23.7 Å². The van der Waals surface area contributed by atoms with Crippen LogP contribution in [0.15, 0.2) is 15.0 Å². The number of carbonyl (C=O) groups excluding carboxylic acids is 3. The molecule has 0 spiro atoms. The van der Waals surface area contributed by atoms with Gasteiger partial charge < -0.3 is 0 Å². The largest absolute Gasteiger partial charge is 0.235 e. The fourth-order valence-corrected chi connectivity index (χ4v) is 6.35. The van der Waals surface area contributed by atoms with Crippen LogP contribution in [0.2, 0.25) is 0 Å². The van der Waals surface area contributed by atoms with Gasteiger partial charge in [0.25, 0.3) is 0 Å². The minimum absolute atomic E-state index is 0.0105. The lowest BCUT2D eigenvalue weighted by atomic mass is 9.65. The molecule has 29 heavy (non-hydrogen) atoms. The fourth-order valence-electron chi connectivity index (χ4n) is 6.35. The first-order valence-corrected chi connectivity index (χ1v) is 11.5. The van der Waals surface area contributed by atoms with Crippen molar-refractivity contribution in [3.63, 3.8) is 0 Å². The summed E-state index contributed by atoms with van der Waals surface area (Å²) in [5, 5.41) is 0. The molecule has 0 N–H and O–H groups in total. The molecule has 3 saturated carbocycles. The first kappa shape index (κ1) is 21.8. The molecule has 3 aliphatic carbocycles. The third-order valence-corrected chi connectivity index (χ3v) is 7.71. The first-order chi connectivity index (χ1) is 14.3. The Morgan fingerprint density at radius 3 is 1.69 bits per heavy atom. The number of hydrogen-bond donors (Lipinski definition) is 0. The molecular formula is C23H33N3O3. The van der Waals surface area contributed by atoms with Gasteiger partial charge in [-0.25, -0.2) is 29.4 Å². The summed E-state index contributed by atoms with van der Waals surface area (Å²) in [6.45, 7) is 0. The summed E-state index contributed by atoms with van der Waals surface area (Å²) in [6, 6.07) is -0.311. The summed E-state index contributed by atoms with van der Waals surface area (Å²) in [6.07, 6.45) is 19.4. The van der Waals surface area contributed by atoms with E-state index in [9.17, 15) is 14.4 Å². The van der Waals surface area contributed by atoms with Crippen molar-refractivity contribution in [1.29, 1.82) is 0 Å². The first-order valence-electron chi connectivity index (χ1n) is 11.5. The van der Waals surface area contributed by atoms with Gasteiger partial charge in [0.15, 0.2) is 0 Å². The number of rotatable bonds is 7. The quantitative estimate of drug-likeness (QED) is 0.460. The lowest BCUT2D eigenvalue weighted by Crippen LogP contribution is -2.43. The third kappa shape index (κ3) is 5.60. The minimum Gasteiger partial charge on any atom is -0.211 e. The second-order valence-corrected chi connectivity index (χ2v) is 9.24. The van der Waals surface area contributed by atoms with Gasteiger partial charge in [0.1, 0.15) is 0 Å². The van der Waals surface area contributed by atoms with E-state index >= 15 is 0 Å². The van der Waals surface area contributed by atoms with Crippen LogP contribution in [-0.2, 0) is 14.4 Å². The van der Waals surface area contributed by atoms with Gasteiger partial charge in [-0.05, 0) is 62.7 Å². The smallest absolute Gasteiger partial charge is 0.211 e. The Morgan fingerprint density at radius 1 is 0.586 bits per heavy atom. The van der Waals surface area contributed by atoms with Gasteiger partial charge in [-0.1, -0.05) is 38.5 Å². The van der Waals surface area contributed by atoms with Crippen molar-refractivity contribution in [3.8, 4) is 0 Å². The SMILES string of the molecule is O=C=NC1CCC(C(N=C=O)C2CCCCC2)CC1C(N=C=O)C1CCCCC1. The Bertz CT molecular complexity index is 665. The van der Waals surface area contributed by atoms with Crippen LogP contribution in [0.3, 0.4) is 0 Å². The average Bonchev–Trinajstić information content (AvgIpc) is 2.78. The van der Waals surface area contributed by atoms with Crippen LogP contribution >= 0.6 is 0 Å². The number of aliphatic imine (C=N–C) groups is 3. The molecule has 0 bridgehead atoms. The molecule has 3 rings (SSSR count). The maximum atomic E-state index is 11.3. The van der Waals surface area contributed by atoms with Crippen molar-refractivity contribution in [2.75, 3.05) is 0 Å². The van der Waals surface area contributed by atoms with Gasteiger partial charge >= 0.3 is 0 Å². The predicted molar refractivity (Wildman–Crippen MR) is 110 cm³/mol. The van der Waals surface area contributed by atoms with Crippen LogP contribution < -0.4 is 0 Å². The van der Waals surface area contributed by atoms with Crippen molar-refractivity contribution in [3.05, 3.63) is 0 Å². The van der Waals surface area contributed by atoms with Crippen molar-refractivity contribution < 1.29 is 14.4 Å². The number of isocyanates is 3. The maximum Gasteiger partial charge on any atom is 0.235 e. The van der Waals surface area contributed by atoms with Crippen LogP contribution in [-0.4, -0.2) is 36.4 Å². The van der Waals surface area contributed by atoms with E-state index in [0.717, 1.165) is 57.8 Å². The molecule has 3 fully saturated rings. The Balaban J connectivity index is 1.83. The molecule has 3 aliphatic rings. The molecule has 0 saturated heterocycles. The van der Waals surface area contributed by atoms with Crippen LogP contribution in [0.4, 0.5) is 0 Å². The van der Waals surface area contributed by atoms with Crippen molar-refractivity contribution in [2.45, 2.75) is 102 Å². The van der Waals surface area contributed by atoms with E-state index in [1.165, 1.54) is 25.7 Å². The highest BCUT2D eigenvalue weighted by Gasteiger charge is 2.43. The Kier molecular flexibility index (Phi) is 8.55. The topological polar surface area (TPSA) is 88.3 Å². The standard InChI is InChI=1S/C23H33N3O3/c27-14-24-21-12-11-19(22(25-15-28)17-7-3-1-4-8-17)13-20(21)23(26-16-29)18-9-5-2-6-10-18/h17-23H,1-13H2. The zero-order valence-electron chi connectivity index (χ0n) is 17.3. The second kappa shape index (κ2) is 11.4. The summed E-state index contributed by atoms with van der Waals surface area (Å²) in [7, 11) is 0. The van der Waals surface area contributed by atoms with E-state index in [0.29, 0.717) is 11.8 Å². The molecule has 0 aromatic carbocycles. The fraction of sp³-hybridized carbons (Fsp3) is 0.870. The molecule has 6 nitrogen and oxygen atoms in total. The molecule has 0 aromatic heterocycles. The Morgan fingerprint density at radius 2 is 1.14 bits per heavy atom. The number of hydrogen-bond acceptors (Lipinski definition) is 6. The minimum atomic E-state index is -0.153. The summed E-state index contributed by atoms with van der Waals surface area (Å²) in [4.78, 5) is 46.2. The Labute approximate surface area is 173 Å². The molecule has 0 radical (unpaired) electrons. The van der Waals surface area contributed by atoms with E-state index in [4.69, 9.17) is 0 Å². The average molecular weight is 400 g/mol. The summed E-state index contributed by atoms with van der Waals surface area (Å²) in [5.41, 5.74) is 0. The van der Waals surface area contributed by atoms with E-state index in [1.807, 2.05) is 6.08 Å². The normalized spacial score (nSPS) is 30.8. The van der Waals surface area contributed by atoms with E-state index < -0.39 is 0 Å². The molecule has 0 aromatic rings. The maximum absolute atomic E-state index is 11.3. The molecular weight excluding hydrogens is 366 g/mol. The molecule has 5 atom stereocenters. The van der Waals surface area contributed by atoms with Gasteiger partial charge in [0.2, 0.25) is 18.2 Å². The zero-order valence-corrected chi connectivity index (χ0v) is 17.3. The molecule has 0 heterocycles. The molecule has 0 aliphatic heterocycles. The van der Waals surface area contributed by atoms with Gasteiger partial charge in [0.05, 0.1) is 18.1 Å². The van der Waals surface area contributed by atoms with Crippen molar-refractivity contribution in [1.82, 2.24) is 0 Å². The third-order valence-electron chi connectivity index (χ3n) is 7.71. The number of nitrogens with zero attached hydrogens (tertiary/aromatic N) is 3. The summed E-state index contributed by atoms with van der Waals surface area (Å²) >= 11 is 0. The highest BCUT2D eigenvalue weighted by molar-refractivity contribution is 5.36. The van der Waals surface area contributed by atoms with E-state index in [1.54, 1.807) is 12.2 Å².